The molecule has 5 aromatic carbocycles. The van der Waals surface area contributed by atoms with Crippen LogP contribution in [0.5, 0.6) is 0 Å². The van der Waals surface area contributed by atoms with Crippen molar-refractivity contribution in [3.05, 3.63) is 84.9 Å². The van der Waals surface area contributed by atoms with E-state index in [4.69, 9.17) is 4.42 Å². The molecule has 7 rings (SSSR count). The van der Waals surface area contributed by atoms with Gasteiger partial charge in [0.15, 0.2) is 0 Å². The van der Waals surface area contributed by atoms with Gasteiger partial charge in [-0.2, -0.15) is 0 Å². The fourth-order valence-electron chi connectivity index (χ4n) is 5.32. The number of hydrogen-bond acceptors (Lipinski definition) is 1. The van der Waals surface area contributed by atoms with Gasteiger partial charge < -0.3 is 8.98 Å². The largest absolute Gasteiger partial charge is 0.455 e. The molecule has 0 fully saturated rings. The van der Waals surface area contributed by atoms with Crippen molar-refractivity contribution < 1.29 is 4.42 Å². The normalized spacial score (nSPS) is 12.3. The van der Waals surface area contributed by atoms with Gasteiger partial charge in [0.05, 0.1) is 5.52 Å². The number of hydrogen-bond donors (Lipinski definition) is 0. The van der Waals surface area contributed by atoms with Crippen LogP contribution in [0.2, 0.25) is 0 Å². The summed E-state index contributed by atoms with van der Waals surface area (Å²) in [6.45, 7) is 3.16. The lowest BCUT2D eigenvalue weighted by molar-refractivity contribution is 0.676. The number of rotatable bonds is 1. The Bertz CT molecular complexity index is 1780. The first-order chi connectivity index (χ1) is 14.9. The second kappa shape index (κ2) is 5.64. The topological polar surface area (TPSA) is 18.1 Å². The summed E-state index contributed by atoms with van der Waals surface area (Å²) >= 11 is 0. The van der Waals surface area contributed by atoms with Crippen LogP contribution in [0.4, 0.5) is 0 Å². The summed E-state index contributed by atoms with van der Waals surface area (Å²) in [7, 11) is 0. The van der Waals surface area contributed by atoms with Gasteiger partial charge in [0.25, 0.3) is 0 Å². The first-order valence-corrected chi connectivity index (χ1v) is 10.5. The number of nitrogens with zero attached hydrogens (tertiary/aromatic N) is 1. The summed E-state index contributed by atoms with van der Waals surface area (Å²) in [5.41, 5.74) is 4.55. The third-order valence-electron chi connectivity index (χ3n) is 6.54. The minimum absolute atomic E-state index is 0.929. The van der Waals surface area contributed by atoms with Crippen molar-refractivity contribution in [1.82, 2.24) is 4.57 Å². The molecule has 30 heavy (non-hydrogen) atoms. The molecule has 0 bridgehead atoms. The van der Waals surface area contributed by atoms with E-state index in [1.54, 1.807) is 0 Å². The van der Waals surface area contributed by atoms with E-state index in [9.17, 15) is 0 Å². The molecular weight excluding hydrogens is 366 g/mol. The fourth-order valence-corrected chi connectivity index (χ4v) is 5.32. The summed E-state index contributed by atoms with van der Waals surface area (Å²) in [6, 6.07) is 30.3. The molecule has 0 aliphatic carbocycles. The molecule has 0 saturated carbocycles. The minimum atomic E-state index is 0.929. The van der Waals surface area contributed by atoms with E-state index in [-0.39, 0.29) is 0 Å². The van der Waals surface area contributed by atoms with Gasteiger partial charge in [0, 0.05) is 49.8 Å². The monoisotopic (exact) mass is 385 g/mol. The average Bonchev–Trinajstić information content (AvgIpc) is 3.35. The van der Waals surface area contributed by atoms with Crippen LogP contribution in [0.1, 0.15) is 6.92 Å². The number of aromatic nitrogens is 1. The highest BCUT2D eigenvalue weighted by Crippen LogP contribution is 2.45. The molecule has 0 aliphatic heterocycles. The van der Waals surface area contributed by atoms with Crippen LogP contribution in [0.15, 0.2) is 89.3 Å². The molecule has 0 unspecified atom stereocenters. The first kappa shape index (κ1) is 16.1. The molecule has 0 atom stereocenters. The second-order valence-electron chi connectivity index (χ2n) is 8.00. The smallest absolute Gasteiger partial charge is 0.144 e. The van der Waals surface area contributed by atoms with Gasteiger partial charge in [-0.25, -0.2) is 0 Å². The molecule has 0 saturated heterocycles. The molecule has 0 amide bonds. The number of benzene rings is 5. The van der Waals surface area contributed by atoms with Gasteiger partial charge in [-0.1, -0.05) is 72.8 Å². The lowest BCUT2D eigenvalue weighted by Gasteiger charge is -2.07. The Hall–Kier alpha value is -3.78. The maximum atomic E-state index is 6.67. The molecule has 7 aromatic rings. The third-order valence-corrected chi connectivity index (χ3v) is 6.54. The van der Waals surface area contributed by atoms with Gasteiger partial charge >= 0.3 is 0 Å². The van der Waals surface area contributed by atoms with E-state index in [2.05, 4.69) is 96.4 Å². The van der Waals surface area contributed by atoms with Crippen molar-refractivity contribution in [3.63, 3.8) is 0 Å². The van der Waals surface area contributed by atoms with Crippen molar-refractivity contribution in [2.75, 3.05) is 0 Å². The van der Waals surface area contributed by atoms with Crippen molar-refractivity contribution in [2.45, 2.75) is 13.5 Å². The molecule has 142 valence electrons. The van der Waals surface area contributed by atoms with Gasteiger partial charge in [0.2, 0.25) is 0 Å². The van der Waals surface area contributed by atoms with E-state index in [0.29, 0.717) is 0 Å². The van der Waals surface area contributed by atoms with Crippen molar-refractivity contribution in [2.24, 2.45) is 0 Å². The van der Waals surface area contributed by atoms with Gasteiger partial charge in [-0.05, 0) is 24.4 Å². The second-order valence-corrected chi connectivity index (χ2v) is 8.00. The number of para-hydroxylation sites is 1. The molecule has 2 heterocycles. The van der Waals surface area contributed by atoms with Gasteiger partial charge in [-0.15, -0.1) is 0 Å². The predicted octanol–water partition coefficient (Wildman–Crippen LogP) is 8.02. The fraction of sp³-hybridized carbons (Fsp3) is 0.0714. The van der Waals surface area contributed by atoms with E-state index in [0.717, 1.165) is 17.7 Å². The molecular formula is C28H19NO. The highest BCUT2D eigenvalue weighted by Gasteiger charge is 2.21. The van der Waals surface area contributed by atoms with E-state index < -0.39 is 0 Å². The van der Waals surface area contributed by atoms with Crippen molar-refractivity contribution >= 4 is 65.3 Å². The Morgan fingerprint density at radius 1 is 0.600 bits per heavy atom. The Balaban J connectivity index is 1.90. The lowest BCUT2D eigenvalue weighted by atomic mass is 9.98. The molecule has 0 N–H and O–H groups in total. The summed E-state index contributed by atoms with van der Waals surface area (Å²) < 4.78 is 9.12. The Kier molecular flexibility index (Phi) is 3.02. The maximum Gasteiger partial charge on any atom is 0.144 e. The SMILES string of the molecule is CCn1c2ccccc2c2c3c4ccc5ccccc5c4oc3c3ccccc3c21. The summed E-state index contributed by atoms with van der Waals surface area (Å²) in [5.74, 6) is 0. The van der Waals surface area contributed by atoms with Crippen molar-refractivity contribution in [1.29, 1.82) is 0 Å². The summed E-state index contributed by atoms with van der Waals surface area (Å²) in [6.07, 6.45) is 0. The lowest BCUT2D eigenvalue weighted by Crippen LogP contribution is -1.93. The van der Waals surface area contributed by atoms with Crippen LogP contribution in [-0.4, -0.2) is 4.57 Å². The molecule has 2 nitrogen and oxygen atoms in total. The molecule has 2 aromatic heterocycles. The van der Waals surface area contributed by atoms with Gasteiger partial charge in [-0.3, -0.25) is 0 Å². The first-order valence-electron chi connectivity index (χ1n) is 10.5. The summed E-state index contributed by atoms with van der Waals surface area (Å²) in [4.78, 5) is 0. The van der Waals surface area contributed by atoms with Crippen LogP contribution in [0.25, 0.3) is 65.3 Å². The van der Waals surface area contributed by atoms with Crippen LogP contribution in [0.3, 0.4) is 0 Å². The van der Waals surface area contributed by atoms with Crippen LogP contribution in [-0.2, 0) is 6.54 Å². The maximum absolute atomic E-state index is 6.67. The zero-order chi connectivity index (χ0) is 19.8. The van der Waals surface area contributed by atoms with Crippen LogP contribution < -0.4 is 0 Å². The van der Waals surface area contributed by atoms with E-state index >= 15 is 0 Å². The highest BCUT2D eigenvalue weighted by molar-refractivity contribution is 6.36. The molecule has 0 aliphatic rings. The number of furan rings is 1. The molecule has 0 spiro atoms. The van der Waals surface area contributed by atoms with Crippen LogP contribution in [0, 0.1) is 0 Å². The average molecular weight is 385 g/mol. The van der Waals surface area contributed by atoms with E-state index in [1.165, 1.54) is 54.1 Å². The zero-order valence-corrected chi connectivity index (χ0v) is 16.6. The zero-order valence-electron chi connectivity index (χ0n) is 16.6. The third kappa shape index (κ3) is 1.84. The standard InChI is InChI=1S/C28H19NO/c1-2-29-23-14-8-7-13-21(23)24-25-22-16-15-17-9-3-4-10-18(17)27(22)30-28(25)20-12-6-5-11-19(20)26(24)29/h3-16H,2H2,1H3. The predicted molar refractivity (Wildman–Crippen MR) is 127 cm³/mol. The number of aryl methyl sites for hydroxylation is 1. The number of fused-ring (bicyclic) bond motifs is 12. The molecule has 0 radical (unpaired) electrons. The summed E-state index contributed by atoms with van der Waals surface area (Å²) in [5, 5.41) is 9.82. The minimum Gasteiger partial charge on any atom is -0.455 e. The molecule has 2 heteroatoms. The highest BCUT2D eigenvalue weighted by atomic mass is 16.3. The van der Waals surface area contributed by atoms with Crippen LogP contribution >= 0.6 is 0 Å². The Labute approximate surface area is 172 Å². The van der Waals surface area contributed by atoms with Gasteiger partial charge in [0.1, 0.15) is 11.2 Å². The van der Waals surface area contributed by atoms with Crippen molar-refractivity contribution in [3.8, 4) is 0 Å². The van der Waals surface area contributed by atoms with E-state index in [1.807, 2.05) is 0 Å². The Morgan fingerprint density at radius 3 is 2.13 bits per heavy atom. The Morgan fingerprint density at radius 2 is 1.30 bits per heavy atom. The quantitative estimate of drug-likeness (QED) is 0.280.